The zero-order chi connectivity index (χ0) is 16.1. The predicted molar refractivity (Wildman–Crippen MR) is 82.0 cm³/mol. The van der Waals surface area contributed by atoms with E-state index < -0.39 is 11.2 Å². The first-order valence-electron chi connectivity index (χ1n) is 7.06. The molecule has 0 spiro atoms. The number of ketones is 1. The van der Waals surface area contributed by atoms with Crippen molar-refractivity contribution < 1.29 is 4.79 Å². The fourth-order valence-electron chi connectivity index (χ4n) is 2.16. The number of hydrogen-bond acceptors (Lipinski definition) is 6. The molecule has 2 aromatic heterocycles. The number of fused-ring (bicyclic) bond motifs is 1. The molecule has 1 fully saturated rings. The van der Waals surface area contributed by atoms with Crippen LogP contribution in [-0.4, -0.2) is 51.1 Å². The van der Waals surface area contributed by atoms with Crippen LogP contribution >= 0.6 is 0 Å². The molecule has 0 amide bonds. The number of carbonyl (C=O) groups excluding carboxylic acids is 1. The summed E-state index contributed by atoms with van der Waals surface area (Å²) < 4.78 is 2.12. The fraction of sp³-hybridized carbons (Fsp3) is 0.538. The molecule has 9 heteroatoms. The van der Waals surface area contributed by atoms with Gasteiger partial charge in [-0.1, -0.05) is 0 Å². The third kappa shape index (κ3) is 3.49. The van der Waals surface area contributed by atoms with E-state index in [9.17, 15) is 14.4 Å². The molecule has 0 atom stereocenters. The smallest absolute Gasteiger partial charge is 0.332 e. The molecule has 3 N–H and O–H groups in total. The summed E-state index contributed by atoms with van der Waals surface area (Å²) in [6.45, 7) is 5.66. The van der Waals surface area contributed by atoms with Gasteiger partial charge in [0.25, 0.3) is 5.56 Å². The first-order chi connectivity index (χ1) is 10.5. The van der Waals surface area contributed by atoms with E-state index in [-0.39, 0.29) is 23.5 Å². The van der Waals surface area contributed by atoms with Gasteiger partial charge < -0.3 is 15.6 Å². The molecule has 0 radical (unpaired) electrons. The van der Waals surface area contributed by atoms with Crippen LogP contribution in [0.5, 0.6) is 0 Å². The molecule has 1 aliphatic heterocycles. The summed E-state index contributed by atoms with van der Waals surface area (Å²) >= 11 is 0. The van der Waals surface area contributed by atoms with Crippen LogP contribution in [0, 0.1) is 0 Å². The van der Waals surface area contributed by atoms with Crippen LogP contribution in [0.2, 0.25) is 0 Å². The van der Waals surface area contributed by atoms with E-state index in [0.717, 1.165) is 30.7 Å². The van der Waals surface area contributed by atoms with E-state index in [0.29, 0.717) is 0 Å². The summed E-state index contributed by atoms with van der Waals surface area (Å²) in [5.74, 6) is -0.252. The number of aromatic nitrogens is 4. The van der Waals surface area contributed by atoms with E-state index in [1.54, 1.807) is 0 Å². The number of H-pyrrole nitrogens is 1. The van der Waals surface area contributed by atoms with Crippen LogP contribution in [0.15, 0.2) is 15.9 Å². The summed E-state index contributed by atoms with van der Waals surface area (Å²) in [5, 5.41) is 6.44. The van der Waals surface area contributed by atoms with Gasteiger partial charge in [0.2, 0.25) is 0 Å². The minimum absolute atomic E-state index is 0.222. The minimum atomic E-state index is -0.542. The highest BCUT2D eigenvalue weighted by atomic mass is 16.2. The van der Waals surface area contributed by atoms with Gasteiger partial charge in [-0.25, -0.2) is 9.78 Å². The number of rotatable bonds is 2. The lowest BCUT2D eigenvalue weighted by molar-refractivity contribution is -0.117. The molecule has 9 nitrogen and oxygen atoms in total. The Morgan fingerprint density at radius 3 is 2.32 bits per heavy atom. The predicted octanol–water partition coefficient (Wildman–Crippen LogP) is -1.81. The maximum atomic E-state index is 11.8. The SMILES string of the molecule is C1CNCCN1.CC(=O)Cn1c(=O)c2[nH]cnc2n(C)c1=O. The van der Waals surface area contributed by atoms with Gasteiger partial charge >= 0.3 is 5.69 Å². The summed E-state index contributed by atoms with van der Waals surface area (Å²) in [5.41, 5.74) is -0.552. The van der Waals surface area contributed by atoms with Crippen molar-refractivity contribution in [3.05, 3.63) is 27.2 Å². The highest BCUT2D eigenvalue weighted by Gasteiger charge is 2.13. The number of imidazole rings is 1. The Morgan fingerprint density at radius 2 is 1.82 bits per heavy atom. The van der Waals surface area contributed by atoms with Crippen LogP contribution < -0.4 is 21.9 Å². The monoisotopic (exact) mass is 308 g/mol. The van der Waals surface area contributed by atoms with Crippen molar-refractivity contribution in [1.29, 1.82) is 0 Å². The Balaban J connectivity index is 0.000000246. The number of piperazine rings is 1. The van der Waals surface area contributed by atoms with E-state index in [1.165, 1.54) is 24.9 Å². The molecule has 0 saturated carbocycles. The molecule has 2 aromatic rings. The number of aryl methyl sites for hydroxylation is 1. The summed E-state index contributed by atoms with van der Waals surface area (Å²) in [6.07, 6.45) is 1.34. The zero-order valence-electron chi connectivity index (χ0n) is 12.7. The van der Waals surface area contributed by atoms with Gasteiger partial charge in [0.15, 0.2) is 5.65 Å². The molecule has 0 aliphatic carbocycles. The van der Waals surface area contributed by atoms with E-state index >= 15 is 0 Å². The van der Waals surface area contributed by atoms with Crippen LogP contribution in [0.3, 0.4) is 0 Å². The van der Waals surface area contributed by atoms with Crippen molar-refractivity contribution in [1.82, 2.24) is 29.7 Å². The number of carbonyl (C=O) groups is 1. The second-order valence-electron chi connectivity index (χ2n) is 5.04. The quantitative estimate of drug-likeness (QED) is 0.603. The Bertz CT molecular complexity index is 757. The molecule has 0 bridgehead atoms. The van der Waals surface area contributed by atoms with Gasteiger partial charge in [0.05, 0.1) is 12.9 Å². The summed E-state index contributed by atoms with van der Waals surface area (Å²) in [4.78, 5) is 41.1. The Labute approximate surface area is 126 Å². The number of nitrogens with zero attached hydrogens (tertiary/aromatic N) is 3. The first kappa shape index (κ1) is 16.1. The van der Waals surface area contributed by atoms with Gasteiger partial charge in [-0.15, -0.1) is 0 Å². The normalized spacial score (nSPS) is 14.5. The molecule has 1 aliphatic rings. The zero-order valence-corrected chi connectivity index (χ0v) is 12.7. The fourth-order valence-corrected chi connectivity index (χ4v) is 2.16. The molecular weight excluding hydrogens is 288 g/mol. The van der Waals surface area contributed by atoms with E-state index in [1.807, 2.05) is 0 Å². The lowest BCUT2D eigenvalue weighted by Gasteiger charge is -2.11. The second-order valence-corrected chi connectivity index (χ2v) is 5.04. The summed E-state index contributed by atoms with van der Waals surface area (Å²) in [6, 6.07) is 0. The molecule has 1 saturated heterocycles. The van der Waals surface area contributed by atoms with Crippen LogP contribution in [0.4, 0.5) is 0 Å². The van der Waals surface area contributed by atoms with Crippen molar-refractivity contribution in [2.45, 2.75) is 13.5 Å². The number of nitrogens with one attached hydrogen (secondary N) is 3. The number of hydrogen-bond donors (Lipinski definition) is 3. The lowest BCUT2D eigenvalue weighted by atomic mass is 10.4. The van der Waals surface area contributed by atoms with Crippen molar-refractivity contribution in [2.24, 2.45) is 7.05 Å². The first-order valence-corrected chi connectivity index (χ1v) is 7.06. The molecule has 3 rings (SSSR count). The highest BCUT2D eigenvalue weighted by molar-refractivity contribution is 5.76. The number of aromatic amines is 1. The Hall–Kier alpha value is -2.26. The largest absolute Gasteiger partial charge is 0.339 e. The second kappa shape index (κ2) is 7.14. The average molecular weight is 308 g/mol. The maximum absolute atomic E-state index is 11.8. The van der Waals surface area contributed by atoms with Crippen LogP contribution in [0.1, 0.15) is 6.92 Å². The van der Waals surface area contributed by atoms with Gasteiger partial charge in [-0.2, -0.15) is 0 Å². The van der Waals surface area contributed by atoms with Crippen molar-refractivity contribution in [2.75, 3.05) is 26.2 Å². The summed E-state index contributed by atoms with van der Waals surface area (Å²) in [7, 11) is 1.50. The van der Waals surface area contributed by atoms with Gasteiger partial charge in [0.1, 0.15) is 11.3 Å². The Morgan fingerprint density at radius 1 is 1.23 bits per heavy atom. The third-order valence-corrected chi connectivity index (χ3v) is 3.25. The molecule has 22 heavy (non-hydrogen) atoms. The topological polar surface area (TPSA) is 114 Å². The molecule has 0 unspecified atom stereocenters. The molecular formula is C13H20N6O3. The maximum Gasteiger partial charge on any atom is 0.332 e. The Kier molecular flexibility index (Phi) is 5.23. The molecule has 120 valence electrons. The lowest BCUT2D eigenvalue weighted by Crippen LogP contribution is -2.40. The highest BCUT2D eigenvalue weighted by Crippen LogP contribution is 1.98. The third-order valence-electron chi connectivity index (χ3n) is 3.25. The molecule has 3 heterocycles. The van der Waals surface area contributed by atoms with Crippen LogP contribution in [0.25, 0.3) is 11.2 Å². The van der Waals surface area contributed by atoms with Gasteiger partial charge in [-0.3, -0.25) is 18.7 Å². The minimum Gasteiger partial charge on any atom is -0.339 e. The van der Waals surface area contributed by atoms with Crippen molar-refractivity contribution in [3.8, 4) is 0 Å². The van der Waals surface area contributed by atoms with Crippen molar-refractivity contribution >= 4 is 16.9 Å². The standard InChI is InChI=1S/C9H10N4O3.C4H10N2/c1-5(14)3-13-8(15)6-7(11-4-10-6)12(2)9(13)16;1-2-6-4-3-5-1/h4H,3H2,1-2H3,(H,10,11);5-6H,1-4H2. The van der Waals surface area contributed by atoms with Gasteiger partial charge in [0, 0.05) is 33.2 Å². The van der Waals surface area contributed by atoms with E-state index in [4.69, 9.17) is 0 Å². The van der Waals surface area contributed by atoms with E-state index in [2.05, 4.69) is 20.6 Å². The van der Waals surface area contributed by atoms with Crippen LogP contribution in [-0.2, 0) is 18.4 Å². The number of Topliss-reactive ketones (excluding diaryl/α,β-unsaturated/α-hetero) is 1. The van der Waals surface area contributed by atoms with Crippen molar-refractivity contribution in [3.63, 3.8) is 0 Å². The van der Waals surface area contributed by atoms with Gasteiger partial charge in [-0.05, 0) is 6.92 Å². The average Bonchev–Trinajstić information content (AvgIpc) is 3.01. The molecule has 0 aromatic carbocycles.